The number of rotatable bonds is 4. The first kappa shape index (κ1) is 17.7. The maximum atomic E-state index is 12.8. The standard InChI is InChI=1S/C21H26O4/c1-13(2)18(22)24-16-9-7-6-8-15(16)19(23)25-17-12-14-10-11-21(17,5)20(14,3)4/h6-9,14,17H,1,10-12H2,2-5H3. The average molecular weight is 342 g/mol. The van der Waals surface area contributed by atoms with Gasteiger partial charge in [0.15, 0.2) is 0 Å². The monoisotopic (exact) mass is 342 g/mol. The highest BCUT2D eigenvalue weighted by molar-refractivity contribution is 5.95. The molecular weight excluding hydrogens is 316 g/mol. The van der Waals surface area contributed by atoms with Crippen molar-refractivity contribution in [2.24, 2.45) is 16.7 Å². The van der Waals surface area contributed by atoms with Gasteiger partial charge >= 0.3 is 11.9 Å². The number of carbonyl (C=O) groups excluding carboxylic acids is 2. The van der Waals surface area contributed by atoms with Gasteiger partial charge in [-0.1, -0.05) is 39.5 Å². The van der Waals surface area contributed by atoms with Crippen molar-refractivity contribution >= 4 is 11.9 Å². The lowest BCUT2D eigenvalue weighted by molar-refractivity contribution is -0.130. The summed E-state index contributed by atoms with van der Waals surface area (Å²) in [7, 11) is 0. The van der Waals surface area contributed by atoms with E-state index in [0.717, 1.165) is 12.8 Å². The largest absolute Gasteiger partial charge is 0.458 e. The van der Waals surface area contributed by atoms with Gasteiger partial charge < -0.3 is 9.47 Å². The molecule has 25 heavy (non-hydrogen) atoms. The van der Waals surface area contributed by atoms with E-state index in [1.165, 1.54) is 6.42 Å². The smallest absolute Gasteiger partial charge is 0.342 e. The molecule has 0 spiro atoms. The second-order valence-electron chi connectivity index (χ2n) is 8.17. The van der Waals surface area contributed by atoms with Crippen LogP contribution in [0.2, 0.25) is 0 Å². The van der Waals surface area contributed by atoms with Crippen molar-refractivity contribution in [2.45, 2.75) is 53.1 Å². The number of para-hydroxylation sites is 1. The van der Waals surface area contributed by atoms with E-state index in [1.807, 2.05) is 0 Å². The van der Waals surface area contributed by atoms with E-state index < -0.39 is 11.9 Å². The third kappa shape index (κ3) is 2.78. The van der Waals surface area contributed by atoms with Crippen molar-refractivity contribution in [2.75, 3.05) is 0 Å². The molecule has 0 amide bonds. The summed E-state index contributed by atoms with van der Waals surface area (Å²) in [6.45, 7) is 11.9. The van der Waals surface area contributed by atoms with Crippen LogP contribution in [0.1, 0.15) is 57.3 Å². The highest BCUT2D eigenvalue weighted by Gasteiger charge is 2.62. The van der Waals surface area contributed by atoms with Crippen LogP contribution in [0.15, 0.2) is 36.4 Å². The van der Waals surface area contributed by atoms with E-state index in [1.54, 1.807) is 31.2 Å². The number of hydrogen-bond donors (Lipinski definition) is 0. The second kappa shape index (κ2) is 6.01. The fourth-order valence-electron chi connectivity index (χ4n) is 4.41. The molecular formula is C21H26O4. The van der Waals surface area contributed by atoms with Gasteiger partial charge in [0.05, 0.1) is 0 Å². The Hall–Kier alpha value is -2.10. The molecule has 4 nitrogen and oxygen atoms in total. The molecule has 0 saturated heterocycles. The molecule has 2 saturated carbocycles. The van der Waals surface area contributed by atoms with Crippen molar-refractivity contribution < 1.29 is 19.1 Å². The van der Waals surface area contributed by atoms with Gasteiger partial charge in [-0.3, -0.25) is 0 Å². The topological polar surface area (TPSA) is 52.6 Å². The summed E-state index contributed by atoms with van der Waals surface area (Å²) >= 11 is 0. The molecule has 0 aromatic heterocycles. The summed E-state index contributed by atoms with van der Waals surface area (Å²) in [6.07, 6.45) is 3.08. The summed E-state index contributed by atoms with van der Waals surface area (Å²) in [6, 6.07) is 6.69. The predicted molar refractivity (Wildman–Crippen MR) is 95.3 cm³/mol. The molecule has 2 fully saturated rings. The maximum Gasteiger partial charge on any atom is 0.342 e. The molecule has 3 rings (SSSR count). The highest BCUT2D eigenvalue weighted by atomic mass is 16.6. The van der Waals surface area contributed by atoms with Crippen LogP contribution in [0.3, 0.4) is 0 Å². The molecule has 1 aromatic rings. The molecule has 2 aliphatic carbocycles. The fourth-order valence-corrected chi connectivity index (χ4v) is 4.41. The zero-order chi connectivity index (χ0) is 18.4. The Kier molecular flexibility index (Phi) is 4.26. The Bertz CT molecular complexity index is 733. The first-order valence-electron chi connectivity index (χ1n) is 8.84. The van der Waals surface area contributed by atoms with Crippen LogP contribution in [-0.2, 0) is 9.53 Å². The summed E-state index contributed by atoms with van der Waals surface area (Å²) in [5.41, 5.74) is 0.729. The fraction of sp³-hybridized carbons (Fsp3) is 0.524. The van der Waals surface area contributed by atoms with Crippen LogP contribution >= 0.6 is 0 Å². The van der Waals surface area contributed by atoms with Gasteiger partial charge in [-0.25, -0.2) is 9.59 Å². The van der Waals surface area contributed by atoms with Gasteiger partial charge in [-0.15, -0.1) is 0 Å². The minimum atomic E-state index is -0.548. The van der Waals surface area contributed by atoms with E-state index in [2.05, 4.69) is 27.4 Å². The number of hydrogen-bond acceptors (Lipinski definition) is 4. The van der Waals surface area contributed by atoms with Gasteiger partial charge in [0, 0.05) is 11.0 Å². The van der Waals surface area contributed by atoms with Crippen LogP contribution in [0.4, 0.5) is 0 Å². The second-order valence-corrected chi connectivity index (χ2v) is 8.17. The number of carbonyl (C=O) groups is 2. The summed E-state index contributed by atoms with van der Waals surface area (Å²) < 4.78 is 11.2. The van der Waals surface area contributed by atoms with Crippen LogP contribution < -0.4 is 4.74 Å². The number of fused-ring (bicyclic) bond motifs is 2. The highest BCUT2D eigenvalue weighted by Crippen LogP contribution is 2.66. The number of esters is 2. The zero-order valence-corrected chi connectivity index (χ0v) is 15.4. The van der Waals surface area contributed by atoms with Gasteiger partial charge in [0.25, 0.3) is 0 Å². The lowest BCUT2D eigenvalue weighted by Gasteiger charge is -2.38. The van der Waals surface area contributed by atoms with Gasteiger partial charge in [0.1, 0.15) is 17.4 Å². The SMILES string of the molecule is C=C(C)C(=O)Oc1ccccc1C(=O)OC1CC2CCC1(C)C2(C)C. The Balaban J connectivity index is 1.79. The minimum Gasteiger partial charge on any atom is -0.458 e. The summed E-state index contributed by atoms with van der Waals surface area (Å²) in [5, 5.41) is 0. The van der Waals surface area contributed by atoms with Crippen molar-refractivity contribution in [3.05, 3.63) is 42.0 Å². The normalized spacial score (nSPS) is 29.3. The van der Waals surface area contributed by atoms with E-state index >= 15 is 0 Å². The molecule has 0 heterocycles. The third-order valence-electron chi connectivity index (χ3n) is 6.62. The quantitative estimate of drug-likeness (QED) is 0.458. The molecule has 3 unspecified atom stereocenters. The molecule has 134 valence electrons. The number of benzene rings is 1. The lowest BCUT2D eigenvalue weighted by Crippen LogP contribution is -2.38. The molecule has 0 aliphatic heterocycles. The molecule has 2 bridgehead atoms. The third-order valence-corrected chi connectivity index (χ3v) is 6.62. The van der Waals surface area contributed by atoms with Crippen LogP contribution in [-0.4, -0.2) is 18.0 Å². The van der Waals surface area contributed by atoms with Crippen LogP contribution in [0.25, 0.3) is 0 Å². The molecule has 1 aromatic carbocycles. The zero-order valence-electron chi connectivity index (χ0n) is 15.4. The average Bonchev–Trinajstić information content (AvgIpc) is 2.88. The Labute approximate surface area is 149 Å². The molecule has 4 heteroatoms. The van der Waals surface area contributed by atoms with Gasteiger partial charge in [0.2, 0.25) is 0 Å². The van der Waals surface area contributed by atoms with Gasteiger partial charge in [-0.2, -0.15) is 0 Å². The predicted octanol–water partition coefficient (Wildman–Crippen LogP) is 4.54. The summed E-state index contributed by atoms with van der Waals surface area (Å²) in [5.74, 6) is -0.173. The lowest BCUT2D eigenvalue weighted by atomic mass is 9.70. The Morgan fingerprint density at radius 1 is 1.20 bits per heavy atom. The first-order chi connectivity index (χ1) is 11.7. The molecule has 3 atom stereocenters. The van der Waals surface area contributed by atoms with Crippen molar-refractivity contribution in [3.8, 4) is 5.75 Å². The Morgan fingerprint density at radius 3 is 2.44 bits per heavy atom. The first-order valence-corrected chi connectivity index (χ1v) is 8.84. The maximum absolute atomic E-state index is 12.8. The number of ether oxygens (including phenoxy) is 2. The minimum absolute atomic E-state index is 0.00332. The van der Waals surface area contributed by atoms with E-state index in [9.17, 15) is 9.59 Å². The Morgan fingerprint density at radius 2 is 1.88 bits per heavy atom. The van der Waals surface area contributed by atoms with Crippen molar-refractivity contribution in [1.82, 2.24) is 0 Å². The summed E-state index contributed by atoms with van der Waals surface area (Å²) in [4.78, 5) is 24.6. The van der Waals surface area contributed by atoms with E-state index in [-0.39, 0.29) is 33.8 Å². The van der Waals surface area contributed by atoms with E-state index in [0.29, 0.717) is 5.92 Å². The van der Waals surface area contributed by atoms with Crippen molar-refractivity contribution in [3.63, 3.8) is 0 Å². The molecule has 0 N–H and O–H groups in total. The molecule has 2 aliphatic rings. The van der Waals surface area contributed by atoms with Crippen LogP contribution in [0.5, 0.6) is 5.75 Å². The van der Waals surface area contributed by atoms with E-state index in [4.69, 9.17) is 9.47 Å². The van der Waals surface area contributed by atoms with Crippen molar-refractivity contribution in [1.29, 1.82) is 0 Å². The van der Waals surface area contributed by atoms with Gasteiger partial charge in [-0.05, 0) is 49.7 Å². The molecule has 0 radical (unpaired) electrons. The van der Waals surface area contributed by atoms with Crippen LogP contribution in [0, 0.1) is 16.7 Å².